The molecule has 0 unspecified atom stereocenters. The molecule has 2 nitrogen and oxygen atoms in total. The molecule has 0 N–H and O–H groups in total. The van der Waals surface area contributed by atoms with Crippen molar-refractivity contribution in [3.05, 3.63) is 11.6 Å². The van der Waals surface area contributed by atoms with E-state index < -0.39 is 8.32 Å². The van der Waals surface area contributed by atoms with Gasteiger partial charge in [0.25, 0.3) is 0 Å². The average molecular weight is 337 g/mol. The summed E-state index contributed by atoms with van der Waals surface area (Å²) in [5, 5.41) is 0.203. The Labute approximate surface area is 144 Å². The van der Waals surface area contributed by atoms with Gasteiger partial charge in [-0.15, -0.1) is 0 Å². The molecule has 0 aromatic heterocycles. The summed E-state index contributed by atoms with van der Waals surface area (Å²) < 4.78 is 6.80. The van der Waals surface area contributed by atoms with Gasteiger partial charge in [-0.05, 0) is 66.3 Å². The Bertz CT molecular complexity index is 498. The molecule has 3 heteroatoms. The van der Waals surface area contributed by atoms with Gasteiger partial charge < -0.3 is 4.43 Å². The third kappa shape index (κ3) is 3.51. The van der Waals surface area contributed by atoms with Crippen LogP contribution in [0.5, 0.6) is 0 Å². The quantitative estimate of drug-likeness (QED) is 0.614. The monoisotopic (exact) mass is 336 g/mol. The average Bonchev–Trinajstić information content (AvgIpc) is 2.53. The van der Waals surface area contributed by atoms with Crippen molar-refractivity contribution in [2.24, 2.45) is 17.3 Å². The largest absolute Gasteiger partial charge is 0.410 e. The third-order valence-electron chi connectivity index (χ3n) is 6.78. The van der Waals surface area contributed by atoms with Crippen molar-refractivity contribution in [1.82, 2.24) is 0 Å². The fraction of sp³-hybridized carbons (Fsp3) is 0.850. The predicted octanol–water partition coefficient (Wildman–Crippen LogP) is 5.74. The Hall–Kier alpha value is -0.413. The zero-order valence-corrected chi connectivity index (χ0v) is 17.5. The van der Waals surface area contributed by atoms with E-state index in [1.807, 2.05) is 6.08 Å². The summed E-state index contributed by atoms with van der Waals surface area (Å²) in [6.45, 7) is 18.6. The second kappa shape index (κ2) is 6.14. The second-order valence-corrected chi connectivity index (χ2v) is 14.5. The van der Waals surface area contributed by atoms with E-state index in [1.54, 1.807) is 0 Å². The molecule has 2 aliphatic rings. The maximum Gasteiger partial charge on any atom is 0.192 e. The highest BCUT2D eigenvalue weighted by Crippen LogP contribution is 2.56. The fourth-order valence-corrected chi connectivity index (χ4v) is 5.60. The molecule has 1 fully saturated rings. The van der Waals surface area contributed by atoms with Crippen LogP contribution >= 0.6 is 0 Å². The van der Waals surface area contributed by atoms with Gasteiger partial charge in [-0.3, -0.25) is 4.79 Å². The molecule has 132 valence electrons. The number of carbonyl (C=O) groups is 1. The highest BCUT2D eigenvalue weighted by molar-refractivity contribution is 6.74. The topological polar surface area (TPSA) is 26.3 Å². The smallest absolute Gasteiger partial charge is 0.192 e. The van der Waals surface area contributed by atoms with Crippen LogP contribution in [0.2, 0.25) is 18.1 Å². The van der Waals surface area contributed by atoms with E-state index in [-0.39, 0.29) is 16.6 Å². The number of hydrogen-bond acceptors (Lipinski definition) is 2. The minimum absolute atomic E-state index is 0.146. The van der Waals surface area contributed by atoms with Crippen LogP contribution in [-0.2, 0) is 9.22 Å². The number of carbonyl (C=O) groups excluding carboxylic acids is 1. The van der Waals surface area contributed by atoms with Crippen LogP contribution in [0.1, 0.15) is 67.2 Å². The van der Waals surface area contributed by atoms with Crippen LogP contribution in [-0.4, -0.2) is 20.2 Å². The highest BCUT2D eigenvalue weighted by atomic mass is 28.4. The molecule has 0 heterocycles. The van der Waals surface area contributed by atoms with Crippen LogP contribution in [0.4, 0.5) is 0 Å². The molecule has 0 aromatic carbocycles. The highest BCUT2D eigenvalue weighted by Gasteiger charge is 2.52. The molecule has 0 aromatic rings. The molecule has 23 heavy (non-hydrogen) atoms. The minimum Gasteiger partial charge on any atom is -0.410 e. The van der Waals surface area contributed by atoms with E-state index in [1.165, 1.54) is 5.57 Å². The Morgan fingerprint density at radius 2 is 1.91 bits per heavy atom. The van der Waals surface area contributed by atoms with Gasteiger partial charge in [-0.1, -0.05) is 41.5 Å². The Morgan fingerprint density at radius 3 is 2.43 bits per heavy atom. The lowest BCUT2D eigenvalue weighted by atomic mass is 9.70. The second-order valence-electron chi connectivity index (χ2n) is 9.79. The summed E-state index contributed by atoms with van der Waals surface area (Å²) in [6.07, 6.45) is 6.05. The molecule has 0 amide bonds. The molecule has 0 radical (unpaired) electrons. The van der Waals surface area contributed by atoms with Gasteiger partial charge in [0.05, 0.1) is 6.10 Å². The van der Waals surface area contributed by atoms with Gasteiger partial charge in [-0.2, -0.15) is 0 Å². The first kappa shape index (κ1) is 18.9. The molecule has 0 bridgehead atoms. The lowest BCUT2D eigenvalue weighted by Crippen LogP contribution is -2.44. The molecule has 0 aliphatic heterocycles. The van der Waals surface area contributed by atoms with E-state index in [0.29, 0.717) is 24.0 Å². The van der Waals surface area contributed by atoms with Crippen LogP contribution < -0.4 is 0 Å². The molecule has 2 aliphatic carbocycles. The van der Waals surface area contributed by atoms with Crippen molar-refractivity contribution in [3.8, 4) is 0 Å². The maximum absolute atomic E-state index is 12.2. The van der Waals surface area contributed by atoms with Gasteiger partial charge in [0.1, 0.15) is 0 Å². The van der Waals surface area contributed by atoms with Gasteiger partial charge in [0, 0.05) is 6.42 Å². The normalized spacial score (nSPS) is 32.7. The molecule has 0 saturated heterocycles. The first-order valence-corrected chi connectivity index (χ1v) is 12.2. The summed E-state index contributed by atoms with van der Waals surface area (Å²) in [6, 6.07) is 0. The van der Waals surface area contributed by atoms with Crippen molar-refractivity contribution in [2.75, 3.05) is 0 Å². The fourth-order valence-electron chi connectivity index (χ4n) is 4.31. The number of hydrogen-bond donors (Lipinski definition) is 0. The van der Waals surface area contributed by atoms with Crippen molar-refractivity contribution in [3.63, 3.8) is 0 Å². The van der Waals surface area contributed by atoms with Crippen molar-refractivity contribution in [1.29, 1.82) is 0 Å². The Balaban J connectivity index is 2.39. The van der Waals surface area contributed by atoms with Crippen LogP contribution in [0.15, 0.2) is 11.6 Å². The molecule has 2 rings (SSSR count). The maximum atomic E-state index is 12.2. The van der Waals surface area contributed by atoms with Crippen LogP contribution in [0, 0.1) is 17.3 Å². The Morgan fingerprint density at radius 1 is 1.30 bits per heavy atom. The summed E-state index contributed by atoms with van der Waals surface area (Å²) in [5.74, 6) is 1.55. The molecule has 0 spiro atoms. The van der Waals surface area contributed by atoms with E-state index in [9.17, 15) is 4.79 Å². The molecule has 3 atom stereocenters. The number of ketones is 1. The predicted molar refractivity (Wildman–Crippen MR) is 100 cm³/mol. The number of allylic oxidation sites excluding steroid dienone is 1. The van der Waals surface area contributed by atoms with Crippen LogP contribution in [0.3, 0.4) is 0 Å². The zero-order valence-electron chi connectivity index (χ0n) is 16.5. The van der Waals surface area contributed by atoms with Crippen molar-refractivity contribution >= 4 is 14.1 Å². The third-order valence-corrected chi connectivity index (χ3v) is 11.3. The summed E-state index contributed by atoms with van der Waals surface area (Å²) in [4.78, 5) is 12.2. The van der Waals surface area contributed by atoms with Gasteiger partial charge >= 0.3 is 0 Å². The first-order chi connectivity index (χ1) is 10.4. The lowest BCUT2D eigenvalue weighted by Gasteiger charge is -2.39. The summed E-state index contributed by atoms with van der Waals surface area (Å²) in [7, 11) is -1.83. The molecule has 1 saturated carbocycles. The van der Waals surface area contributed by atoms with E-state index in [4.69, 9.17) is 4.43 Å². The van der Waals surface area contributed by atoms with Crippen molar-refractivity contribution in [2.45, 2.75) is 91.5 Å². The van der Waals surface area contributed by atoms with Gasteiger partial charge in [0.15, 0.2) is 14.1 Å². The number of rotatable bonds is 3. The zero-order chi connectivity index (χ0) is 17.6. The minimum atomic E-state index is -1.83. The first-order valence-electron chi connectivity index (χ1n) is 9.31. The standard InChI is InChI=1S/C20H36O2Si/c1-14(2)16-13-18(22-23(7,8)19(3,4)5)17-12-15(21)10-9-11-20(16,17)6/h12,14,16,18H,9-11,13H2,1-8H3/t16-,18+,20-/m1/s1. The SMILES string of the molecule is CC(C)[C@H]1C[C@H](O[Si](C)(C)C(C)(C)C)C2=CC(=O)CCC[C@@]21C. The summed E-state index contributed by atoms with van der Waals surface area (Å²) in [5.41, 5.74) is 1.46. The van der Waals surface area contributed by atoms with Gasteiger partial charge in [0.2, 0.25) is 0 Å². The van der Waals surface area contributed by atoms with Crippen molar-refractivity contribution < 1.29 is 9.22 Å². The molecular formula is C20H36O2Si. The van der Waals surface area contributed by atoms with E-state index in [2.05, 4.69) is 54.6 Å². The van der Waals surface area contributed by atoms with E-state index in [0.717, 1.165) is 19.3 Å². The summed E-state index contributed by atoms with van der Waals surface area (Å²) >= 11 is 0. The Kier molecular flexibility index (Phi) is 5.05. The lowest BCUT2D eigenvalue weighted by molar-refractivity contribution is -0.114. The van der Waals surface area contributed by atoms with E-state index >= 15 is 0 Å². The molecular weight excluding hydrogens is 300 g/mol. The number of fused-ring (bicyclic) bond motifs is 1. The van der Waals surface area contributed by atoms with Crippen LogP contribution in [0.25, 0.3) is 0 Å². The van der Waals surface area contributed by atoms with Gasteiger partial charge in [-0.25, -0.2) is 0 Å².